The first-order valence-electron chi connectivity index (χ1n) is 9.22. The van der Waals surface area contributed by atoms with Crippen LogP contribution in [0.15, 0.2) is 78.6 Å². The molecule has 3 heterocycles. The van der Waals surface area contributed by atoms with Crippen LogP contribution in [0.5, 0.6) is 0 Å². The Morgan fingerprint density at radius 1 is 0.966 bits per heavy atom. The van der Waals surface area contributed by atoms with Crippen molar-refractivity contribution in [1.29, 1.82) is 0 Å². The summed E-state index contributed by atoms with van der Waals surface area (Å²) in [6, 6.07) is 17.0. The second-order valence-electron chi connectivity index (χ2n) is 6.87. The van der Waals surface area contributed by atoms with Crippen molar-refractivity contribution >= 4 is 17.4 Å². The highest BCUT2D eigenvalue weighted by molar-refractivity contribution is 6.46. The van der Waals surface area contributed by atoms with Crippen LogP contribution in [0.4, 0.5) is 0 Å². The van der Waals surface area contributed by atoms with Crippen LogP contribution in [0, 0.1) is 6.92 Å². The smallest absolute Gasteiger partial charge is 0.296 e. The van der Waals surface area contributed by atoms with Crippen molar-refractivity contribution in [2.75, 3.05) is 0 Å². The van der Waals surface area contributed by atoms with E-state index in [9.17, 15) is 14.7 Å². The molecule has 1 unspecified atom stereocenters. The Balaban J connectivity index is 1.85. The van der Waals surface area contributed by atoms with Crippen molar-refractivity contribution in [3.8, 4) is 0 Å². The summed E-state index contributed by atoms with van der Waals surface area (Å²) in [5, 5.41) is 11.0. The van der Waals surface area contributed by atoms with Gasteiger partial charge < -0.3 is 10.0 Å². The molecule has 4 rings (SSSR count). The maximum absolute atomic E-state index is 12.9. The zero-order chi connectivity index (χ0) is 20.4. The summed E-state index contributed by atoms with van der Waals surface area (Å²) >= 11 is 0. The molecule has 1 aliphatic heterocycles. The predicted molar refractivity (Wildman–Crippen MR) is 107 cm³/mol. The molecule has 0 spiro atoms. The largest absolute Gasteiger partial charge is 0.507 e. The van der Waals surface area contributed by atoms with E-state index in [1.54, 1.807) is 54.9 Å². The zero-order valence-corrected chi connectivity index (χ0v) is 15.8. The Morgan fingerprint density at radius 3 is 2.28 bits per heavy atom. The number of Topliss-reactive ketones (excluding diaryl/α,β-unsaturated/α-hetero) is 1. The Bertz CT molecular complexity index is 1080. The normalized spacial score (nSPS) is 18.2. The fourth-order valence-electron chi connectivity index (χ4n) is 3.42. The number of aryl methyl sites for hydroxylation is 1. The van der Waals surface area contributed by atoms with E-state index >= 15 is 0 Å². The lowest BCUT2D eigenvalue weighted by atomic mass is 9.98. The molecule has 1 aliphatic rings. The Labute approximate surface area is 168 Å². The minimum atomic E-state index is -0.792. The molecular formula is C23H19N3O3. The molecule has 1 amide bonds. The number of rotatable bonds is 4. The first-order valence-corrected chi connectivity index (χ1v) is 9.22. The van der Waals surface area contributed by atoms with E-state index in [-0.39, 0.29) is 17.9 Å². The number of pyridine rings is 2. The second kappa shape index (κ2) is 7.67. The quantitative estimate of drug-likeness (QED) is 0.423. The molecular weight excluding hydrogens is 366 g/mol. The lowest BCUT2D eigenvalue weighted by molar-refractivity contribution is -0.140. The Hall–Kier alpha value is -3.80. The maximum atomic E-state index is 12.9. The van der Waals surface area contributed by atoms with Gasteiger partial charge in [-0.3, -0.25) is 19.6 Å². The first-order chi connectivity index (χ1) is 14.1. The summed E-state index contributed by atoms with van der Waals surface area (Å²) in [6.07, 6.45) is 3.23. The van der Waals surface area contributed by atoms with Gasteiger partial charge in [0.05, 0.1) is 23.5 Å². The van der Waals surface area contributed by atoms with E-state index in [0.717, 1.165) is 5.56 Å². The topological polar surface area (TPSA) is 83.4 Å². The van der Waals surface area contributed by atoms with Gasteiger partial charge in [-0.2, -0.15) is 0 Å². The van der Waals surface area contributed by atoms with Crippen molar-refractivity contribution in [1.82, 2.24) is 14.9 Å². The van der Waals surface area contributed by atoms with Gasteiger partial charge in [-0.1, -0.05) is 42.0 Å². The average Bonchev–Trinajstić information content (AvgIpc) is 3.00. The monoisotopic (exact) mass is 385 g/mol. The summed E-state index contributed by atoms with van der Waals surface area (Å²) < 4.78 is 0. The summed E-state index contributed by atoms with van der Waals surface area (Å²) in [5.74, 6) is -1.61. The third kappa shape index (κ3) is 3.52. The minimum absolute atomic E-state index is 0.0356. The van der Waals surface area contributed by atoms with Gasteiger partial charge in [0.2, 0.25) is 0 Å². The van der Waals surface area contributed by atoms with Crippen molar-refractivity contribution in [3.63, 3.8) is 0 Å². The van der Waals surface area contributed by atoms with Crippen molar-refractivity contribution in [2.45, 2.75) is 19.5 Å². The Morgan fingerprint density at radius 2 is 1.66 bits per heavy atom. The van der Waals surface area contributed by atoms with Crippen LogP contribution in [0.25, 0.3) is 5.76 Å². The highest BCUT2D eigenvalue weighted by atomic mass is 16.3. The molecule has 0 aliphatic carbocycles. The number of nitrogens with zero attached hydrogens (tertiary/aromatic N) is 3. The summed E-state index contributed by atoms with van der Waals surface area (Å²) in [6.45, 7) is 2.07. The van der Waals surface area contributed by atoms with E-state index in [0.29, 0.717) is 17.0 Å². The van der Waals surface area contributed by atoms with E-state index < -0.39 is 17.7 Å². The molecule has 0 bridgehead atoms. The van der Waals surface area contributed by atoms with E-state index in [2.05, 4.69) is 9.97 Å². The van der Waals surface area contributed by atoms with Crippen LogP contribution in [0.2, 0.25) is 0 Å². The Kier molecular flexibility index (Phi) is 4.91. The summed E-state index contributed by atoms with van der Waals surface area (Å²) in [7, 11) is 0. The van der Waals surface area contributed by atoms with E-state index in [1.165, 1.54) is 4.90 Å². The number of aromatic nitrogens is 2. The van der Waals surface area contributed by atoms with Gasteiger partial charge in [0.25, 0.3) is 11.7 Å². The average molecular weight is 385 g/mol. The van der Waals surface area contributed by atoms with Crippen molar-refractivity contribution in [3.05, 3.63) is 101 Å². The maximum Gasteiger partial charge on any atom is 0.296 e. The minimum Gasteiger partial charge on any atom is -0.507 e. The van der Waals surface area contributed by atoms with Gasteiger partial charge in [-0.05, 0) is 31.2 Å². The lowest BCUT2D eigenvalue weighted by Crippen LogP contribution is -2.29. The number of carbonyl (C=O) groups is 2. The lowest BCUT2D eigenvalue weighted by Gasteiger charge is -2.24. The molecule has 1 saturated heterocycles. The fraction of sp³-hybridized carbons (Fsp3) is 0.130. The third-order valence-corrected chi connectivity index (χ3v) is 4.89. The van der Waals surface area contributed by atoms with Crippen LogP contribution in [0.1, 0.15) is 28.6 Å². The number of hydrogen-bond acceptors (Lipinski definition) is 5. The second-order valence-corrected chi connectivity index (χ2v) is 6.87. The SMILES string of the molecule is Cc1ccc(/C(O)=C2/C(=O)C(=O)N(Cc3ccccn3)C2c2ccccn2)cc1. The van der Waals surface area contributed by atoms with Gasteiger partial charge >= 0.3 is 0 Å². The van der Waals surface area contributed by atoms with Crippen LogP contribution < -0.4 is 0 Å². The van der Waals surface area contributed by atoms with Crippen LogP contribution >= 0.6 is 0 Å². The molecule has 1 atom stereocenters. The fourth-order valence-corrected chi connectivity index (χ4v) is 3.42. The molecule has 144 valence electrons. The number of aliphatic hydroxyl groups excluding tert-OH is 1. The van der Waals surface area contributed by atoms with Crippen LogP contribution in [0.3, 0.4) is 0 Å². The summed E-state index contributed by atoms with van der Waals surface area (Å²) in [4.78, 5) is 35.8. The molecule has 2 aromatic heterocycles. The third-order valence-electron chi connectivity index (χ3n) is 4.89. The number of carbonyl (C=O) groups excluding carboxylic acids is 2. The number of hydrogen-bond donors (Lipinski definition) is 1. The van der Waals surface area contributed by atoms with Gasteiger partial charge in [0.1, 0.15) is 11.8 Å². The standard InChI is InChI=1S/C23H19N3O3/c1-15-8-10-16(11-9-15)21(27)19-20(18-7-3-5-13-25-18)26(23(29)22(19)28)14-17-6-2-4-12-24-17/h2-13,20,27H,14H2,1H3/b21-19-. The van der Waals surface area contributed by atoms with E-state index in [1.807, 2.05) is 25.1 Å². The number of aliphatic hydroxyl groups is 1. The molecule has 1 fully saturated rings. The zero-order valence-electron chi connectivity index (χ0n) is 15.8. The highest BCUT2D eigenvalue weighted by Crippen LogP contribution is 2.39. The van der Waals surface area contributed by atoms with Crippen molar-refractivity contribution < 1.29 is 14.7 Å². The number of benzene rings is 1. The number of likely N-dealkylation sites (tertiary alicyclic amines) is 1. The molecule has 6 heteroatoms. The summed E-state index contributed by atoms with van der Waals surface area (Å²) in [5.41, 5.74) is 2.70. The predicted octanol–water partition coefficient (Wildman–Crippen LogP) is 3.41. The molecule has 6 nitrogen and oxygen atoms in total. The first kappa shape index (κ1) is 18.6. The number of ketones is 1. The van der Waals surface area contributed by atoms with Gasteiger partial charge in [0.15, 0.2) is 0 Å². The van der Waals surface area contributed by atoms with Crippen LogP contribution in [-0.2, 0) is 16.1 Å². The van der Waals surface area contributed by atoms with Crippen molar-refractivity contribution in [2.24, 2.45) is 0 Å². The molecule has 1 aromatic carbocycles. The van der Waals surface area contributed by atoms with E-state index in [4.69, 9.17) is 0 Å². The van der Waals surface area contributed by atoms with Gasteiger partial charge in [0, 0.05) is 18.0 Å². The number of amides is 1. The van der Waals surface area contributed by atoms with Gasteiger partial charge in [-0.15, -0.1) is 0 Å². The molecule has 0 saturated carbocycles. The van der Waals surface area contributed by atoms with Crippen LogP contribution in [-0.4, -0.2) is 31.7 Å². The molecule has 3 aromatic rings. The highest BCUT2D eigenvalue weighted by Gasteiger charge is 2.46. The molecule has 29 heavy (non-hydrogen) atoms. The molecule has 1 N–H and O–H groups in total. The molecule has 0 radical (unpaired) electrons. The van der Waals surface area contributed by atoms with Gasteiger partial charge in [-0.25, -0.2) is 0 Å².